The molecule has 2 aromatic rings. The molecule has 0 saturated carbocycles. The molecule has 0 spiro atoms. The van der Waals surface area contributed by atoms with Crippen molar-refractivity contribution in [1.29, 1.82) is 0 Å². The Kier molecular flexibility index (Phi) is 5.79. The Morgan fingerprint density at radius 3 is 2.58 bits per heavy atom. The molecule has 2 rings (SSSR count). The van der Waals surface area contributed by atoms with E-state index in [4.69, 9.17) is 9.47 Å². The van der Waals surface area contributed by atoms with Crippen LogP contribution in [0.5, 0.6) is 11.5 Å². The van der Waals surface area contributed by atoms with Gasteiger partial charge in [0, 0.05) is 17.8 Å². The molecule has 0 atom stereocenters. The van der Waals surface area contributed by atoms with Crippen molar-refractivity contribution < 1.29 is 14.3 Å². The first kappa shape index (κ1) is 17.8. The molecule has 0 saturated heterocycles. The highest BCUT2D eigenvalue weighted by Crippen LogP contribution is 2.32. The van der Waals surface area contributed by atoms with Crippen LogP contribution in [0.25, 0.3) is 6.08 Å². The van der Waals surface area contributed by atoms with Crippen molar-refractivity contribution in [3.8, 4) is 11.5 Å². The van der Waals surface area contributed by atoms with E-state index in [9.17, 15) is 4.79 Å². The van der Waals surface area contributed by atoms with Gasteiger partial charge < -0.3 is 9.47 Å². The third-order valence-electron chi connectivity index (χ3n) is 3.41. The van der Waals surface area contributed by atoms with Crippen LogP contribution in [-0.4, -0.2) is 28.8 Å². The molecule has 0 aliphatic heterocycles. The van der Waals surface area contributed by atoms with Crippen LogP contribution in [-0.2, 0) is 0 Å². The Hall–Kier alpha value is -2.56. The number of carbonyl (C=O) groups is 1. The van der Waals surface area contributed by atoms with Crippen molar-refractivity contribution in [3.05, 3.63) is 47.8 Å². The molecule has 1 heterocycles. The van der Waals surface area contributed by atoms with Crippen molar-refractivity contribution in [1.82, 2.24) is 9.78 Å². The summed E-state index contributed by atoms with van der Waals surface area (Å²) in [6.45, 7) is 7.93. The van der Waals surface area contributed by atoms with Crippen LogP contribution in [0.1, 0.15) is 49.7 Å². The van der Waals surface area contributed by atoms with E-state index in [0.29, 0.717) is 17.1 Å². The molecule has 0 aliphatic rings. The Labute approximate surface area is 142 Å². The van der Waals surface area contributed by atoms with E-state index in [1.807, 2.05) is 45.9 Å². The quantitative estimate of drug-likeness (QED) is 0.566. The average Bonchev–Trinajstić information content (AvgIpc) is 3.03. The zero-order valence-corrected chi connectivity index (χ0v) is 14.8. The molecule has 1 aromatic heterocycles. The summed E-state index contributed by atoms with van der Waals surface area (Å²) in [5, 5.41) is 4.19. The fraction of sp³-hybridized carbons (Fsp3) is 0.368. The van der Waals surface area contributed by atoms with Gasteiger partial charge in [-0.3, -0.25) is 9.48 Å². The van der Waals surface area contributed by atoms with Crippen LogP contribution in [0, 0.1) is 0 Å². The van der Waals surface area contributed by atoms with Gasteiger partial charge in [-0.05, 0) is 45.9 Å². The molecule has 128 valence electrons. The number of allylic oxidation sites excluding steroid dienone is 1. The number of rotatable bonds is 7. The average molecular weight is 328 g/mol. The monoisotopic (exact) mass is 328 g/mol. The SMILES string of the molecule is COc1cccc(C=CC(=O)c2cnn(C(C)C)c2)c1OC(C)C. The number of hydrogen-bond donors (Lipinski definition) is 0. The molecule has 5 nitrogen and oxygen atoms in total. The maximum atomic E-state index is 12.3. The predicted octanol–water partition coefficient (Wildman–Crippen LogP) is 4.16. The highest BCUT2D eigenvalue weighted by Gasteiger charge is 2.12. The van der Waals surface area contributed by atoms with Crippen molar-refractivity contribution in [3.63, 3.8) is 0 Å². The second-order valence-electron chi connectivity index (χ2n) is 6.05. The smallest absolute Gasteiger partial charge is 0.189 e. The van der Waals surface area contributed by atoms with Gasteiger partial charge in [0.15, 0.2) is 17.3 Å². The molecule has 0 N–H and O–H groups in total. The molecule has 0 radical (unpaired) electrons. The number of methoxy groups -OCH3 is 1. The van der Waals surface area contributed by atoms with Gasteiger partial charge in [-0.1, -0.05) is 12.1 Å². The minimum atomic E-state index is -0.0970. The van der Waals surface area contributed by atoms with E-state index in [2.05, 4.69) is 5.10 Å². The van der Waals surface area contributed by atoms with Crippen molar-refractivity contribution in [2.24, 2.45) is 0 Å². The third kappa shape index (κ3) is 4.25. The molecular weight excluding hydrogens is 304 g/mol. The molecule has 0 fully saturated rings. The number of ether oxygens (including phenoxy) is 2. The first-order valence-corrected chi connectivity index (χ1v) is 8.02. The molecular formula is C19H24N2O3. The summed E-state index contributed by atoms with van der Waals surface area (Å²) < 4.78 is 13.0. The lowest BCUT2D eigenvalue weighted by molar-refractivity contribution is 0.104. The van der Waals surface area contributed by atoms with Gasteiger partial charge >= 0.3 is 0 Å². The Bertz CT molecular complexity index is 730. The Morgan fingerprint density at radius 2 is 2.00 bits per heavy atom. The van der Waals surface area contributed by atoms with E-state index in [-0.39, 0.29) is 17.9 Å². The van der Waals surface area contributed by atoms with Crippen LogP contribution < -0.4 is 9.47 Å². The van der Waals surface area contributed by atoms with Crippen molar-refractivity contribution in [2.75, 3.05) is 7.11 Å². The summed E-state index contributed by atoms with van der Waals surface area (Å²) in [6, 6.07) is 5.82. The maximum Gasteiger partial charge on any atom is 0.189 e. The highest BCUT2D eigenvalue weighted by molar-refractivity contribution is 6.06. The normalized spacial score (nSPS) is 11.5. The molecule has 24 heavy (non-hydrogen) atoms. The van der Waals surface area contributed by atoms with Gasteiger partial charge in [-0.25, -0.2) is 0 Å². The summed E-state index contributed by atoms with van der Waals surface area (Å²) >= 11 is 0. The molecule has 0 unspecified atom stereocenters. The van der Waals surface area contributed by atoms with Crippen LogP contribution in [0.2, 0.25) is 0 Å². The summed E-state index contributed by atoms with van der Waals surface area (Å²) in [7, 11) is 1.60. The molecule has 0 aliphatic carbocycles. The van der Waals surface area contributed by atoms with Gasteiger partial charge in [0.05, 0.1) is 25.0 Å². The Balaban J connectivity index is 2.25. The van der Waals surface area contributed by atoms with Crippen LogP contribution in [0.15, 0.2) is 36.7 Å². The number of aromatic nitrogens is 2. The van der Waals surface area contributed by atoms with Crippen LogP contribution in [0.3, 0.4) is 0 Å². The highest BCUT2D eigenvalue weighted by atomic mass is 16.5. The number of benzene rings is 1. The summed E-state index contributed by atoms with van der Waals surface area (Å²) in [4.78, 5) is 12.3. The number of ketones is 1. The first-order chi connectivity index (χ1) is 11.4. The molecule has 0 amide bonds. The molecule has 0 bridgehead atoms. The van der Waals surface area contributed by atoms with Crippen LogP contribution >= 0.6 is 0 Å². The standard InChI is InChI=1S/C19H24N2O3/c1-13(2)21-12-16(11-20-21)17(22)10-9-15-7-6-8-18(23-5)19(15)24-14(3)4/h6-14H,1-5H3. The number of carbonyl (C=O) groups excluding carboxylic acids is 1. The van der Waals surface area contributed by atoms with Crippen molar-refractivity contribution >= 4 is 11.9 Å². The lowest BCUT2D eigenvalue weighted by atomic mass is 10.1. The van der Waals surface area contributed by atoms with E-state index in [1.165, 1.54) is 6.08 Å². The third-order valence-corrected chi connectivity index (χ3v) is 3.41. The second kappa shape index (κ2) is 7.81. The summed E-state index contributed by atoms with van der Waals surface area (Å²) in [6.07, 6.45) is 6.63. The zero-order chi connectivity index (χ0) is 17.7. The second-order valence-corrected chi connectivity index (χ2v) is 6.05. The van der Waals surface area contributed by atoms with E-state index >= 15 is 0 Å². The minimum Gasteiger partial charge on any atom is -0.493 e. The fourth-order valence-corrected chi connectivity index (χ4v) is 2.20. The summed E-state index contributed by atoms with van der Waals surface area (Å²) in [5.41, 5.74) is 1.36. The van der Waals surface area contributed by atoms with Crippen LogP contribution in [0.4, 0.5) is 0 Å². The topological polar surface area (TPSA) is 53.3 Å². The van der Waals surface area contributed by atoms with E-state index in [0.717, 1.165) is 5.56 Å². The van der Waals surface area contributed by atoms with Gasteiger partial charge in [-0.2, -0.15) is 5.10 Å². The fourth-order valence-electron chi connectivity index (χ4n) is 2.20. The summed E-state index contributed by atoms with van der Waals surface area (Å²) in [5.74, 6) is 1.18. The zero-order valence-electron chi connectivity index (χ0n) is 14.8. The molecule has 5 heteroatoms. The number of para-hydroxylation sites is 1. The van der Waals surface area contributed by atoms with E-state index < -0.39 is 0 Å². The lowest BCUT2D eigenvalue weighted by Crippen LogP contribution is -2.08. The first-order valence-electron chi connectivity index (χ1n) is 8.02. The maximum absolute atomic E-state index is 12.3. The Morgan fingerprint density at radius 1 is 1.25 bits per heavy atom. The van der Waals surface area contributed by atoms with Gasteiger partial charge in [0.25, 0.3) is 0 Å². The van der Waals surface area contributed by atoms with Gasteiger partial charge in [0.2, 0.25) is 0 Å². The molecule has 1 aromatic carbocycles. The minimum absolute atomic E-state index is 0.00780. The lowest BCUT2D eigenvalue weighted by Gasteiger charge is -2.15. The predicted molar refractivity (Wildman–Crippen MR) is 94.7 cm³/mol. The van der Waals surface area contributed by atoms with E-state index in [1.54, 1.807) is 30.3 Å². The number of nitrogens with zero attached hydrogens (tertiary/aromatic N) is 2. The van der Waals surface area contributed by atoms with Crippen molar-refractivity contribution in [2.45, 2.75) is 39.8 Å². The number of hydrogen-bond acceptors (Lipinski definition) is 4. The van der Waals surface area contributed by atoms with Gasteiger partial charge in [-0.15, -0.1) is 0 Å². The van der Waals surface area contributed by atoms with Gasteiger partial charge in [0.1, 0.15) is 0 Å². The largest absolute Gasteiger partial charge is 0.493 e.